The average molecular weight is 458 g/mol. The summed E-state index contributed by atoms with van der Waals surface area (Å²) in [6.45, 7) is 4.74. The van der Waals surface area contributed by atoms with Crippen molar-refractivity contribution in [1.29, 1.82) is 0 Å². The van der Waals surface area contributed by atoms with E-state index < -0.39 is 0 Å². The number of aromatic nitrogens is 1. The number of piperazine rings is 1. The summed E-state index contributed by atoms with van der Waals surface area (Å²) in [7, 11) is 0. The third-order valence-corrected chi connectivity index (χ3v) is 6.21. The molecule has 174 valence electrons. The van der Waals surface area contributed by atoms with Crippen LogP contribution in [0.5, 0.6) is 5.75 Å². The predicted molar refractivity (Wildman–Crippen MR) is 132 cm³/mol. The maximum absolute atomic E-state index is 13.0. The van der Waals surface area contributed by atoms with Gasteiger partial charge in [-0.1, -0.05) is 12.1 Å². The minimum absolute atomic E-state index is 0.0110. The highest BCUT2D eigenvalue weighted by Crippen LogP contribution is 2.30. The number of hydrogen-bond donors (Lipinski definition) is 2. The second kappa shape index (κ2) is 9.93. The molecule has 2 N–H and O–H groups in total. The molecule has 0 bridgehead atoms. The Morgan fingerprint density at radius 2 is 1.82 bits per heavy atom. The van der Waals surface area contributed by atoms with Crippen LogP contribution in [0.15, 0.2) is 67.0 Å². The van der Waals surface area contributed by atoms with Gasteiger partial charge in [0.2, 0.25) is 0 Å². The Kier molecular flexibility index (Phi) is 6.40. The van der Waals surface area contributed by atoms with Crippen molar-refractivity contribution in [2.75, 3.05) is 54.9 Å². The van der Waals surface area contributed by atoms with Gasteiger partial charge in [0.1, 0.15) is 5.75 Å². The first-order chi connectivity index (χ1) is 16.7. The van der Waals surface area contributed by atoms with Crippen LogP contribution >= 0.6 is 0 Å². The molecule has 0 atom stereocenters. The SMILES string of the molecule is O=C1COc2ccc(C(=O)Nc3ccccc3N3CCN(CCc4ccncc4)CC3)cc2N1. The number of anilines is 3. The third kappa shape index (κ3) is 5.02. The number of amides is 2. The van der Waals surface area contributed by atoms with Crippen LogP contribution in [0.4, 0.5) is 17.1 Å². The Balaban J connectivity index is 1.22. The molecule has 5 rings (SSSR count). The quantitative estimate of drug-likeness (QED) is 0.592. The minimum atomic E-state index is -0.231. The van der Waals surface area contributed by atoms with Gasteiger partial charge in [0.15, 0.2) is 6.61 Å². The fourth-order valence-corrected chi connectivity index (χ4v) is 4.32. The van der Waals surface area contributed by atoms with Crippen LogP contribution in [0, 0.1) is 0 Å². The molecule has 1 fully saturated rings. The average Bonchev–Trinajstić information content (AvgIpc) is 2.88. The van der Waals surface area contributed by atoms with E-state index in [4.69, 9.17) is 4.74 Å². The molecule has 8 nitrogen and oxygen atoms in total. The molecular weight excluding hydrogens is 430 g/mol. The van der Waals surface area contributed by atoms with E-state index in [1.165, 1.54) is 5.56 Å². The molecule has 2 aromatic carbocycles. The maximum Gasteiger partial charge on any atom is 0.262 e. The number of nitrogens with one attached hydrogen (secondary N) is 2. The number of rotatable bonds is 6. The van der Waals surface area contributed by atoms with E-state index in [9.17, 15) is 9.59 Å². The van der Waals surface area contributed by atoms with Crippen molar-refractivity contribution in [2.24, 2.45) is 0 Å². The van der Waals surface area contributed by atoms with Crippen molar-refractivity contribution < 1.29 is 14.3 Å². The highest BCUT2D eigenvalue weighted by molar-refractivity contribution is 6.07. The van der Waals surface area contributed by atoms with Gasteiger partial charge in [-0.25, -0.2) is 0 Å². The summed E-state index contributed by atoms with van der Waals surface area (Å²) in [5, 5.41) is 5.79. The number of carbonyl (C=O) groups excluding carboxylic acids is 2. The molecule has 0 unspecified atom stereocenters. The number of hydrogen-bond acceptors (Lipinski definition) is 6. The van der Waals surface area contributed by atoms with Crippen LogP contribution in [0.3, 0.4) is 0 Å². The lowest BCUT2D eigenvalue weighted by Gasteiger charge is -2.37. The van der Waals surface area contributed by atoms with Crippen molar-refractivity contribution in [1.82, 2.24) is 9.88 Å². The molecule has 1 saturated heterocycles. The molecule has 0 radical (unpaired) electrons. The summed E-state index contributed by atoms with van der Waals surface area (Å²) in [5.74, 6) is 0.111. The first kappa shape index (κ1) is 21.9. The number of pyridine rings is 1. The molecule has 0 spiro atoms. The molecule has 0 aliphatic carbocycles. The maximum atomic E-state index is 13.0. The lowest BCUT2D eigenvalue weighted by molar-refractivity contribution is -0.118. The summed E-state index contributed by atoms with van der Waals surface area (Å²) in [6, 6.07) is 17.1. The lowest BCUT2D eigenvalue weighted by Crippen LogP contribution is -2.47. The van der Waals surface area contributed by atoms with Gasteiger partial charge in [0.25, 0.3) is 11.8 Å². The van der Waals surface area contributed by atoms with Crippen molar-refractivity contribution in [3.63, 3.8) is 0 Å². The van der Waals surface area contributed by atoms with Crippen LogP contribution in [0.1, 0.15) is 15.9 Å². The summed E-state index contributed by atoms with van der Waals surface area (Å²) >= 11 is 0. The standard InChI is InChI=1S/C26H27N5O3/c32-25-18-34-24-6-5-20(17-22(24)28-25)26(33)29-21-3-1-2-4-23(21)31-15-13-30(14-16-31)12-9-19-7-10-27-11-8-19/h1-8,10-11,17H,9,12-16,18H2,(H,28,32)(H,29,33). The number of benzene rings is 2. The van der Waals surface area contributed by atoms with E-state index >= 15 is 0 Å². The van der Waals surface area contributed by atoms with Gasteiger partial charge < -0.3 is 20.3 Å². The largest absolute Gasteiger partial charge is 0.482 e. The van der Waals surface area contributed by atoms with Gasteiger partial charge in [-0.05, 0) is 54.4 Å². The van der Waals surface area contributed by atoms with Crippen LogP contribution in [-0.4, -0.2) is 61.0 Å². The number of nitrogens with zero attached hydrogens (tertiary/aromatic N) is 3. The highest BCUT2D eigenvalue weighted by atomic mass is 16.5. The molecule has 0 saturated carbocycles. The third-order valence-electron chi connectivity index (χ3n) is 6.21. The lowest BCUT2D eigenvalue weighted by atomic mass is 10.1. The predicted octanol–water partition coefficient (Wildman–Crippen LogP) is 3.03. The van der Waals surface area contributed by atoms with E-state index in [0.29, 0.717) is 17.0 Å². The monoisotopic (exact) mass is 457 g/mol. The van der Waals surface area contributed by atoms with Crippen LogP contribution < -0.4 is 20.3 Å². The molecule has 3 aromatic rings. The molecule has 3 heterocycles. The summed E-state index contributed by atoms with van der Waals surface area (Å²) < 4.78 is 5.38. The Labute approximate surface area is 198 Å². The molecule has 2 aliphatic rings. The van der Waals surface area contributed by atoms with Gasteiger partial charge in [-0.2, -0.15) is 0 Å². The molecule has 8 heteroatoms. The van der Waals surface area contributed by atoms with Crippen LogP contribution in [-0.2, 0) is 11.2 Å². The van der Waals surface area contributed by atoms with E-state index in [0.717, 1.165) is 50.5 Å². The highest BCUT2D eigenvalue weighted by Gasteiger charge is 2.21. The zero-order valence-electron chi connectivity index (χ0n) is 18.9. The summed E-state index contributed by atoms with van der Waals surface area (Å²) in [4.78, 5) is 33.5. The van der Waals surface area contributed by atoms with Crippen molar-refractivity contribution in [2.45, 2.75) is 6.42 Å². The first-order valence-electron chi connectivity index (χ1n) is 11.5. The van der Waals surface area contributed by atoms with E-state index in [-0.39, 0.29) is 18.4 Å². The fraction of sp³-hybridized carbons (Fsp3) is 0.269. The molecule has 2 aliphatic heterocycles. The van der Waals surface area contributed by atoms with Crippen LogP contribution in [0.25, 0.3) is 0 Å². The first-order valence-corrected chi connectivity index (χ1v) is 11.5. The van der Waals surface area contributed by atoms with Crippen molar-refractivity contribution >= 4 is 28.9 Å². The number of para-hydroxylation sites is 2. The molecule has 34 heavy (non-hydrogen) atoms. The smallest absolute Gasteiger partial charge is 0.262 e. The number of carbonyl (C=O) groups is 2. The van der Waals surface area contributed by atoms with Gasteiger partial charge in [0, 0.05) is 50.7 Å². The Hall–Kier alpha value is -3.91. The molecule has 2 amide bonds. The Morgan fingerprint density at radius 3 is 2.65 bits per heavy atom. The second-order valence-electron chi connectivity index (χ2n) is 8.45. The van der Waals surface area contributed by atoms with Crippen molar-refractivity contribution in [3.8, 4) is 5.75 Å². The molecule has 1 aromatic heterocycles. The number of ether oxygens (including phenoxy) is 1. The van der Waals surface area contributed by atoms with Gasteiger partial charge >= 0.3 is 0 Å². The zero-order valence-corrected chi connectivity index (χ0v) is 18.9. The zero-order chi connectivity index (χ0) is 23.3. The van der Waals surface area contributed by atoms with E-state index in [1.807, 2.05) is 36.7 Å². The van der Waals surface area contributed by atoms with Crippen molar-refractivity contribution in [3.05, 3.63) is 78.1 Å². The second-order valence-corrected chi connectivity index (χ2v) is 8.45. The topological polar surface area (TPSA) is 86.8 Å². The van der Waals surface area contributed by atoms with E-state index in [2.05, 4.69) is 37.6 Å². The Bertz CT molecular complexity index is 1180. The van der Waals surface area contributed by atoms with Gasteiger partial charge in [0.05, 0.1) is 17.1 Å². The fourth-order valence-electron chi connectivity index (χ4n) is 4.32. The number of fused-ring (bicyclic) bond motifs is 1. The summed E-state index contributed by atoms with van der Waals surface area (Å²) in [6.07, 6.45) is 4.69. The Morgan fingerprint density at radius 1 is 1.03 bits per heavy atom. The van der Waals surface area contributed by atoms with Gasteiger partial charge in [-0.15, -0.1) is 0 Å². The van der Waals surface area contributed by atoms with Gasteiger partial charge in [-0.3, -0.25) is 19.5 Å². The van der Waals surface area contributed by atoms with Crippen LogP contribution in [0.2, 0.25) is 0 Å². The summed E-state index contributed by atoms with van der Waals surface area (Å²) in [5.41, 5.74) is 4.06. The molecular formula is C26H27N5O3. The van der Waals surface area contributed by atoms with E-state index in [1.54, 1.807) is 18.2 Å². The minimum Gasteiger partial charge on any atom is -0.482 e. The normalized spacial score (nSPS) is 15.8.